The number of hydrogen-bond donors (Lipinski definition) is 2. The molecule has 0 fully saturated rings. The van der Waals surface area contributed by atoms with Gasteiger partial charge in [-0.3, -0.25) is 10.2 Å². The van der Waals surface area contributed by atoms with Gasteiger partial charge in [0, 0.05) is 6.92 Å². The second-order valence-corrected chi connectivity index (χ2v) is 0.701. The van der Waals surface area contributed by atoms with Crippen LogP contribution in [-0.4, -0.2) is 5.91 Å². The molecule has 32 valence electrons. The van der Waals surface area contributed by atoms with Crippen molar-refractivity contribution in [3.05, 3.63) is 0 Å². The molecule has 0 spiro atoms. The summed E-state index contributed by atoms with van der Waals surface area (Å²) in [6.07, 6.45) is 0. The van der Waals surface area contributed by atoms with Crippen molar-refractivity contribution in [1.82, 2.24) is 5.43 Å². The molecule has 0 bridgehead atoms. The van der Waals surface area contributed by atoms with Crippen molar-refractivity contribution in [2.45, 2.75) is 6.92 Å². The minimum absolute atomic E-state index is 0. The summed E-state index contributed by atoms with van der Waals surface area (Å²) in [6, 6.07) is 0. The number of rotatable bonds is 0. The van der Waals surface area contributed by atoms with E-state index in [2.05, 4.69) is 5.84 Å². The summed E-state index contributed by atoms with van der Waals surface area (Å²) in [5, 5.41) is 0. The normalized spacial score (nSPS) is 5.67. The van der Waals surface area contributed by atoms with E-state index in [0.29, 0.717) is 0 Å². The molecule has 0 atom stereocenters. The van der Waals surface area contributed by atoms with E-state index >= 15 is 0 Å². The number of carbonyl (C=O) groups excluding carboxylic acids is 1. The van der Waals surface area contributed by atoms with E-state index < -0.39 is 0 Å². The molecule has 6 heavy (non-hydrogen) atoms. The summed E-state index contributed by atoms with van der Waals surface area (Å²) < 4.78 is 0. The Labute approximate surface area is 60.0 Å². The number of nitrogens with one attached hydrogen (secondary N) is 1. The summed E-state index contributed by atoms with van der Waals surface area (Å²) in [7, 11) is 0. The van der Waals surface area contributed by atoms with E-state index in [1.807, 2.05) is 5.43 Å². The molecule has 0 saturated carbocycles. The van der Waals surface area contributed by atoms with Crippen molar-refractivity contribution in [3.63, 3.8) is 0 Å². The van der Waals surface area contributed by atoms with Gasteiger partial charge in [-0.25, -0.2) is 5.84 Å². The quantitative estimate of drug-likeness (QED) is 0.141. The van der Waals surface area contributed by atoms with Gasteiger partial charge in [-0.2, -0.15) is 0 Å². The molecule has 0 unspecified atom stereocenters. The largest absolute Gasteiger partial charge is 1.00 e. The first-order chi connectivity index (χ1) is 2.27. The van der Waals surface area contributed by atoms with Crippen LogP contribution in [0.15, 0.2) is 0 Å². The first-order valence-electron chi connectivity index (χ1n) is 1.24. The Morgan fingerprint density at radius 3 is 2.17 bits per heavy atom. The van der Waals surface area contributed by atoms with E-state index in [-0.39, 0.29) is 36.9 Å². The van der Waals surface area contributed by atoms with E-state index in [9.17, 15) is 4.79 Å². The van der Waals surface area contributed by atoms with Crippen molar-refractivity contribution in [2.75, 3.05) is 0 Å². The van der Waals surface area contributed by atoms with Crippen molar-refractivity contribution in [3.8, 4) is 0 Å². The summed E-state index contributed by atoms with van der Waals surface area (Å²) in [5.74, 6) is 4.35. The average Bonchev–Trinajstić information content (AvgIpc) is 1.38. The van der Waals surface area contributed by atoms with Gasteiger partial charge in [-0.15, -0.1) is 0 Å². The molecule has 1 amide bonds. The average molecular weight is 98.1 g/mol. The Morgan fingerprint density at radius 2 is 2.17 bits per heavy atom. The molecule has 0 heterocycles. The van der Waals surface area contributed by atoms with Crippen LogP contribution in [0.25, 0.3) is 0 Å². The number of hydrogen-bond acceptors (Lipinski definition) is 2. The molecule has 0 aliphatic rings. The maximum atomic E-state index is 9.58. The van der Waals surface area contributed by atoms with Gasteiger partial charge in [0.1, 0.15) is 0 Å². The molecule has 0 radical (unpaired) electrons. The Morgan fingerprint density at radius 1 is 2.00 bits per heavy atom. The predicted octanol–water partition coefficient (Wildman–Crippen LogP) is -3.89. The van der Waals surface area contributed by atoms with Gasteiger partial charge in [0.25, 0.3) is 0 Å². The maximum absolute atomic E-state index is 9.58. The van der Waals surface area contributed by atoms with Crippen molar-refractivity contribution in [2.24, 2.45) is 5.84 Å². The van der Waals surface area contributed by atoms with Gasteiger partial charge in [0.2, 0.25) is 5.91 Å². The van der Waals surface area contributed by atoms with Crippen LogP contribution in [0.4, 0.5) is 0 Å². The Balaban J connectivity index is -0.0000000800. The van der Waals surface area contributed by atoms with Crippen LogP contribution in [0.1, 0.15) is 8.35 Å². The first-order valence-corrected chi connectivity index (χ1v) is 1.24. The molecule has 0 aromatic heterocycles. The summed E-state index contributed by atoms with van der Waals surface area (Å²) in [4.78, 5) is 9.58. The fourth-order valence-corrected chi connectivity index (χ4v) is 0. The van der Waals surface area contributed by atoms with Crippen molar-refractivity contribution in [1.29, 1.82) is 0 Å². The monoisotopic (exact) mass is 98.0 g/mol. The molecule has 0 aliphatic heterocycles. The molecule has 0 aromatic carbocycles. The van der Waals surface area contributed by atoms with Crippen LogP contribution in [-0.2, 0) is 4.79 Å². The molecule has 3 nitrogen and oxygen atoms in total. The predicted molar refractivity (Wildman–Crippen MR) is 19.1 cm³/mol. The zero-order valence-electron chi connectivity index (χ0n) is 4.99. The van der Waals surface area contributed by atoms with Crippen LogP contribution in [0.2, 0.25) is 0 Å². The number of amides is 1. The molecule has 0 aromatic rings. The Kier molecular flexibility index (Phi) is 8.74. The first kappa shape index (κ1) is 9.66. The Bertz CT molecular complexity index is 51.0. The van der Waals surface area contributed by atoms with Crippen molar-refractivity contribution < 1.29 is 35.8 Å². The minimum Gasteiger partial charge on any atom is -1.00 e. The van der Waals surface area contributed by atoms with Crippen LogP contribution < -0.4 is 40.8 Å². The van der Waals surface area contributed by atoms with Gasteiger partial charge >= 0.3 is 29.6 Å². The zero-order chi connectivity index (χ0) is 4.28. The zero-order valence-corrected chi connectivity index (χ0v) is 5.99. The third-order valence-electron chi connectivity index (χ3n) is 0.203. The minimum atomic E-state index is -0.218. The fraction of sp³-hybridized carbons (Fsp3) is 0.500. The van der Waals surface area contributed by atoms with E-state index in [1.165, 1.54) is 6.92 Å². The molecular weight excluding hydrogens is 91.0 g/mol. The Hall–Kier alpha value is 0.430. The second-order valence-electron chi connectivity index (χ2n) is 0.701. The second kappa shape index (κ2) is 5.43. The van der Waals surface area contributed by atoms with Crippen LogP contribution in [0.5, 0.6) is 0 Å². The summed E-state index contributed by atoms with van der Waals surface area (Å²) in [6.45, 7) is 1.35. The van der Waals surface area contributed by atoms with Crippen LogP contribution in [0, 0.1) is 0 Å². The molecular formula is C2H7N2NaO. The van der Waals surface area contributed by atoms with E-state index in [0.717, 1.165) is 0 Å². The van der Waals surface area contributed by atoms with E-state index in [4.69, 9.17) is 0 Å². The number of nitrogens with two attached hydrogens (primary N) is 1. The van der Waals surface area contributed by atoms with Gasteiger partial charge in [-0.1, -0.05) is 0 Å². The summed E-state index contributed by atoms with van der Waals surface area (Å²) in [5.41, 5.74) is 1.89. The smallest absolute Gasteiger partial charge is 1.00 e. The standard InChI is InChI=1S/C2H6N2O.Na.H/c1-2(5)4-3;;/h3H2,1H3,(H,4,5);;/q;+1;-1. The number of carbonyl (C=O) groups is 1. The third kappa shape index (κ3) is 8.83. The van der Waals surface area contributed by atoms with Gasteiger partial charge in [0.15, 0.2) is 0 Å². The summed E-state index contributed by atoms with van der Waals surface area (Å²) >= 11 is 0. The van der Waals surface area contributed by atoms with Crippen LogP contribution >= 0.6 is 0 Å². The molecule has 3 N–H and O–H groups in total. The molecule has 0 rings (SSSR count). The molecule has 0 aliphatic carbocycles. The molecule has 0 saturated heterocycles. The van der Waals surface area contributed by atoms with E-state index in [1.54, 1.807) is 0 Å². The van der Waals surface area contributed by atoms with Gasteiger partial charge in [0.05, 0.1) is 0 Å². The van der Waals surface area contributed by atoms with Crippen LogP contribution in [0.3, 0.4) is 0 Å². The topological polar surface area (TPSA) is 55.1 Å². The fourth-order valence-electron chi connectivity index (χ4n) is 0. The van der Waals surface area contributed by atoms with Gasteiger partial charge < -0.3 is 1.43 Å². The number of hydrazine groups is 1. The SMILES string of the molecule is CC(=O)NN.[H-].[Na+]. The van der Waals surface area contributed by atoms with Gasteiger partial charge in [-0.05, 0) is 0 Å². The third-order valence-corrected chi connectivity index (χ3v) is 0.203. The maximum Gasteiger partial charge on any atom is 1.00 e. The van der Waals surface area contributed by atoms with Crippen molar-refractivity contribution >= 4 is 5.91 Å². The molecule has 4 heteroatoms.